The molecule has 2 aromatic rings. The molecule has 2 rings (SSSR count). The van der Waals surface area contributed by atoms with E-state index in [2.05, 4.69) is 10.1 Å². The summed E-state index contributed by atoms with van der Waals surface area (Å²) in [5, 5.41) is 4.81. The van der Waals surface area contributed by atoms with Crippen LogP contribution in [0.2, 0.25) is 5.02 Å². The van der Waals surface area contributed by atoms with Crippen LogP contribution in [0.25, 0.3) is 0 Å². The third-order valence-corrected chi connectivity index (χ3v) is 3.21. The summed E-state index contributed by atoms with van der Waals surface area (Å²) in [5.41, 5.74) is 6.89. The lowest BCUT2D eigenvalue weighted by atomic mass is 9.95. The maximum atomic E-state index is 6.18. The van der Waals surface area contributed by atoms with Gasteiger partial charge in [-0.15, -0.1) is 0 Å². The quantitative estimate of drug-likeness (QED) is 0.900. The number of aryl methyl sites for hydroxylation is 1. The molecule has 1 aromatic carbocycles. The highest BCUT2D eigenvalue weighted by molar-refractivity contribution is 6.31. The number of aromatic nitrogens is 3. The second-order valence-corrected chi connectivity index (χ2v) is 4.37. The highest BCUT2D eigenvalue weighted by Gasteiger charge is 2.15. The van der Waals surface area contributed by atoms with Crippen molar-refractivity contribution in [3.05, 3.63) is 47.0 Å². The number of nitrogens with zero attached hydrogens (tertiary/aromatic N) is 3. The van der Waals surface area contributed by atoms with Crippen LogP contribution in [0.15, 0.2) is 30.6 Å². The van der Waals surface area contributed by atoms with Gasteiger partial charge in [-0.3, -0.25) is 4.68 Å². The fourth-order valence-corrected chi connectivity index (χ4v) is 2.14. The van der Waals surface area contributed by atoms with E-state index in [1.807, 2.05) is 31.3 Å². The van der Waals surface area contributed by atoms with Crippen LogP contribution in [0.5, 0.6) is 0 Å². The largest absolute Gasteiger partial charge is 0.330 e. The molecular weight excluding hydrogens is 236 g/mol. The second-order valence-electron chi connectivity index (χ2n) is 3.96. The van der Waals surface area contributed by atoms with Crippen molar-refractivity contribution in [2.75, 3.05) is 6.54 Å². The van der Waals surface area contributed by atoms with Crippen molar-refractivity contribution in [3.8, 4) is 0 Å². The molecule has 1 unspecified atom stereocenters. The summed E-state index contributed by atoms with van der Waals surface area (Å²) in [6, 6.07) is 7.79. The van der Waals surface area contributed by atoms with Gasteiger partial charge in [0.25, 0.3) is 0 Å². The first-order valence-electron chi connectivity index (χ1n) is 5.49. The molecule has 0 aliphatic carbocycles. The first kappa shape index (κ1) is 12.1. The molecule has 4 nitrogen and oxygen atoms in total. The Morgan fingerprint density at radius 1 is 1.41 bits per heavy atom. The Bertz CT molecular complexity index is 495. The van der Waals surface area contributed by atoms with Gasteiger partial charge in [0.15, 0.2) is 0 Å². The smallest absolute Gasteiger partial charge is 0.138 e. The molecule has 5 heteroatoms. The van der Waals surface area contributed by atoms with Crippen molar-refractivity contribution in [3.63, 3.8) is 0 Å². The minimum absolute atomic E-state index is 0.173. The van der Waals surface area contributed by atoms with Gasteiger partial charge in [0.2, 0.25) is 0 Å². The monoisotopic (exact) mass is 250 g/mol. The van der Waals surface area contributed by atoms with Gasteiger partial charge in [-0.25, -0.2) is 4.98 Å². The van der Waals surface area contributed by atoms with Crippen LogP contribution in [-0.2, 0) is 13.5 Å². The summed E-state index contributed by atoms with van der Waals surface area (Å²) < 4.78 is 1.76. The summed E-state index contributed by atoms with van der Waals surface area (Å²) in [5.74, 6) is 1.09. The Morgan fingerprint density at radius 2 is 2.18 bits per heavy atom. The molecule has 0 bridgehead atoms. The molecule has 0 aliphatic heterocycles. The molecule has 0 fully saturated rings. The lowest BCUT2D eigenvalue weighted by Crippen LogP contribution is -2.17. The molecule has 2 N–H and O–H groups in total. The normalized spacial score (nSPS) is 12.6. The van der Waals surface area contributed by atoms with E-state index in [0.29, 0.717) is 6.54 Å². The molecule has 0 radical (unpaired) electrons. The van der Waals surface area contributed by atoms with Gasteiger partial charge in [0, 0.05) is 24.4 Å². The molecule has 0 saturated carbocycles. The highest BCUT2D eigenvalue weighted by Crippen LogP contribution is 2.25. The van der Waals surface area contributed by atoms with Gasteiger partial charge in [0.1, 0.15) is 12.2 Å². The summed E-state index contributed by atoms with van der Waals surface area (Å²) in [6.45, 7) is 0.538. The maximum Gasteiger partial charge on any atom is 0.138 e. The zero-order valence-electron chi connectivity index (χ0n) is 9.68. The van der Waals surface area contributed by atoms with Crippen molar-refractivity contribution in [1.29, 1.82) is 0 Å². The Morgan fingerprint density at radius 3 is 2.76 bits per heavy atom. The average molecular weight is 251 g/mol. The van der Waals surface area contributed by atoms with E-state index in [1.54, 1.807) is 11.0 Å². The van der Waals surface area contributed by atoms with Crippen molar-refractivity contribution in [2.24, 2.45) is 12.8 Å². The van der Waals surface area contributed by atoms with Gasteiger partial charge >= 0.3 is 0 Å². The van der Waals surface area contributed by atoms with Crippen LogP contribution < -0.4 is 5.73 Å². The topological polar surface area (TPSA) is 56.7 Å². The van der Waals surface area contributed by atoms with Crippen LogP contribution in [-0.4, -0.2) is 21.3 Å². The van der Waals surface area contributed by atoms with Gasteiger partial charge in [-0.1, -0.05) is 29.8 Å². The molecule has 0 saturated heterocycles. The van der Waals surface area contributed by atoms with E-state index in [4.69, 9.17) is 17.3 Å². The Hall–Kier alpha value is -1.39. The number of hydrogen-bond acceptors (Lipinski definition) is 3. The predicted octanol–water partition coefficient (Wildman–Crippen LogP) is 1.75. The molecule has 1 heterocycles. The predicted molar refractivity (Wildman–Crippen MR) is 68.0 cm³/mol. The summed E-state index contributed by atoms with van der Waals surface area (Å²) >= 11 is 6.18. The van der Waals surface area contributed by atoms with Gasteiger partial charge in [-0.05, 0) is 18.2 Å². The molecule has 0 aliphatic rings. The van der Waals surface area contributed by atoms with Crippen LogP contribution in [0.1, 0.15) is 17.3 Å². The maximum absolute atomic E-state index is 6.18. The molecule has 0 amide bonds. The van der Waals surface area contributed by atoms with Gasteiger partial charge < -0.3 is 5.73 Å². The SMILES string of the molecule is Cn1ncnc1CC(CN)c1ccccc1Cl. The number of halogens is 1. The number of hydrogen-bond donors (Lipinski definition) is 1. The lowest BCUT2D eigenvalue weighted by Gasteiger charge is -2.15. The minimum Gasteiger partial charge on any atom is -0.330 e. The fourth-order valence-electron chi connectivity index (χ4n) is 1.85. The molecule has 1 aromatic heterocycles. The fraction of sp³-hybridized carbons (Fsp3) is 0.333. The standard InChI is InChI=1S/C12H15ClN4/c1-17-12(15-8-16-17)6-9(7-14)10-4-2-3-5-11(10)13/h2-5,8-9H,6-7,14H2,1H3. The van der Waals surface area contributed by atoms with Crippen LogP contribution in [0, 0.1) is 0 Å². The van der Waals surface area contributed by atoms with Crippen molar-refractivity contribution < 1.29 is 0 Å². The van der Waals surface area contributed by atoms with Crippen LogP contribution >= 0.6 is 11.6 Å². The number of benzene rings is 1. The van der Waals surface area contributed by atoms with E-state index < -0.39 is 0 Å². The highest BCUT2D eigenvalue weighted by atomic mass is 35.5. The first-order valence-corrected chi connectivity index (χ1v) is 5.87. The average Bonchev–Trinajstić information content (AvgIpc) is 2.73. The third kappa shape index (κ3) is 2.65. The Labute approximate surface area is 105 Å². The summed E-state index contributed by atoms with van der Waals surface area (Å²) in [6.07, 6.45) is 2.30. The second kappa shape index (κ2) is 5.29. The molecule has 1 atom stereocenters. The van der Waals surface area contributed by atoms with E-state index in [-0.39, 0.29) is 5.92 Å². The van der Waals surface area contributed by atoms with Gasteiger partial charge in [0.05, 0.1) is 0 Å². The lowest BCUT2D eigenvalue weighted by molar-refractivity contribution is 0.619. The first-order chi connectivity index (χ1) is 8.22. The summed E-state index contributed by atoms with van der Waals surface area (Å²) in [7, 11) is 1.88. The zero-order valence-corrected chi connectivity index (χ0v) is 10.4. The van der Waals surface area contributed by atoms with E-state index >= 15 is 0 Å². The van der Waals surface area contributed by atoms with Crippen molar-refractivity contribution >= 4 is 11.6 Å². The van der Waals surface area contributed by atoms with Crippen molar-refractivity contribution in [2.45, 2.75) is 12.3 Å². The molecular formula is C12H15ClN4. The minimum atomic E-state index is 0.173. The number of nitrogens with two attached hydrogens (primary N) is 1. The van der Waals surface area contributed by atoms with E-state index in [9.17, 15) is 0 Å². The molecule has 17 heavy (non-hydrogen) atoms. The Balaban J connectivity index is 2.23. The van der Waals surface area contributed by atoms with Crippen molar-refractivity contribution in [1.82, 2.24) is 14.8 Å². The van der Waals surface area contributed by atoms with E-state index in [1.165, 1.54) is 0 Å². The third-order valence-electron chi connectivity index (χ3n) is 2.86. The van der Waals surface area contributed by atoms with Gasteiger partial charge in [-0.2, -0.15) is 5.10 Å². The van der Waals surface area contributed by atoms with Crippen LogP contribution in [0.4, 0.5) is 0 Å². The molecule has 90 valence electrons. The van der Waals surface area contributed by atoms with Crippen LogP contribution in [0.3, 0.4) is 0 Å². The Kier molecular flexibility index (Phi) is 3.76. The zero-order chi connectivity index (χ0) is 12.3. The van der Waals surface area contributed by atoms with E-state index in [0.717, 1.165) is 22.8 Å². The number of rotatable bonds is 4. The summed E-state index contributed by atoms with van der Waals surface area (Å²) in [4.78, 5) is 4.21. The molecule has 0 spiro atoms.